The number of aryl methyl sites for hydroxylation is 1. The molecule has 16 heavy (non-hydrogen) atoms. The predicted octanol–water partition coefficient (Wildman–Crippen LogP) is 2.10. The molecule has 0 radical (unpaired) electrons. The van der Waals surface area contributed by atoms with Gasteiger partial charge in [-0.3, -0.25) is 4.68 Å². The van der Waals surface area contributed by atoms with Crippen molar-refractivity contribution in [3.05, 3.63) is 17.0 Å². The number of aromatic nitrogens is 2. The van der Waals surface area contributed by atoms with Crippen LogP contribution >= 0.6 is 0 Å². The molecule has 0 saturated heterocycles. The zero-order chi connectivity index (χ0) is 12.3. The van der Waals surface area contributed by atoms with Crippen LogP contribution in [0.5, 0.6) is 0 Å². The van der Waals surface area contributed by atoms with Gasteiger partial charge in [0.1, 0.15) is 11.3 Å². The molecule has 0 N–H and O–H groups in total. The van der Waals surface area contributed by atoms with Crippen LogP contribution in [0.4, 0.5) is 8.78 Å². The fourth-order valence-corrected chi connectivity index (χ4v) is 1.57. The summed E-state index contributed by atoms with van der Waals surface area (Å²) in [5, 5.41) is 3.65. The van der Waals surface area contributed by atoms with Gasteiger partial charge in [-0.2, -0.15) is 5.10 Å². The zero-order valence-electron chi connectivity index (χ0n) is 9.46. The molecule has 90 valence electrons. The highest BCUT2D eigenvalue weighted by molar-refractivity contribution is 5.92. The maximum atomic E-state index is 12.7. The van der Waals surface area contributed by atoms with E-state index in [0.29, 0.717) is 12.1 Å². The minimum atomic E-state index is -2.77. The maximum absolute atomic E-state index is 12.7. The van der Waals surface area contributed by atoms with Crippen molar-refractivity contribution < 1.29 is 18.3 Å². The van der Waals surface area contributed by atoms with E-state index in [1.165, 1.54) is 11.7 Å². The lowest BCUT2D eigenvalue weighted by Crippen LogP contribution is -2.10. The van der Waals surface area contributed by atoms with Gasteiger partial charge in [0, 0.05) is 7.05 Å². The number of esters is 1. The Morgan fingerprint density at radius 1 is 1.50 bits per heavy atom. The number of nitrogens with zero attached hydrogens (tertiary/aromatic N) is 2. The number of hydrogen-bond acceptors (Lipinski definition) is 3. The molecule has 0 aliphatic heterocycles. The lowest BCUT2D eigenvalue weighted by Gasteiger charge is -2.04. The lowest BCUT2D eigenvalue weighted by molar-refractivity contribution is 0.0514. The molecule has 0 saturated carbocycles. The number of alkyl halides is 2. The number of hydrogen-bond donors (Lipinski definition) is 0. The third-order valence-electron chi connectivity index (χ3n) is 2.21. The Morgan fingerprint density at radius 3 is 2.56 bits per heavy atom. The first-order chi connectivity index (χ1) is 7.52. The van der Waals surface area contributed by atoms with Crippen molar-refractivity contribution in [2.24, 2.45) is 7.05 Å². The van der Waals surface area contributed by atoms with E-state index in [4.69, 9.17) is 4.74 Å². The van der Waals surface area contributed by atoms with E-state index in [1.54, 1.807) is 13.8 Å². The van der Waals surface area contributed by atoms with Crippen molar-refractivity contribution in [1.82, 2.24) is 9.78 Å². The topological polar surface area (TPSA) is 44.1 Å². The van der Waals surface area contributed by atoms with Crippen LogP contribution in [0, 0.1) is 0 Å². The second kappa shape index (κ2) is 5.05. The van der Waals surface area contributed by atoms with E-state index in [-0.39, 0.29) is 12.2 Å². The molecule has 0 aliphatic carbocycles. The molecule has 0 spiro atoms. The molecule has 4 nitrogen and oxygen atoms in total. The van der Waals surface area contributed by atoms with Gasteiger partial charge < -0.3 is 4.74 Å². The first-order valence-corrected chi connectivity index (χ1v) is 5.03. The smallest absolute Gasteiger partial charge is 0.342 e. The van der Waals surface area contributed by atoms with Gasteiger partial charge in [0.15, 0.2) is 0 Å². The molecule has 0 atom stereocenters. The van der Waals surface area contributed by atoms with Gasteiger partial charge in [-0.1, -0.05) is 6.92 Å². The van der Waals surface area contributed by atoms with Crippen LogP contribution in [0.3, 0.4) is 0 Å². The quantitative estimate of drug-likeness (QED) is 0.747. The normalized spacial score (nSPS) is 10.9. The summed E-state index contributed by atoms with van der Waals surface area (Å²) in [6.45, 7) is 3.55. The van der Waals surface area contributed by atoms with E-state index in [2.05, 4.69) is 5.10 Å². The minimum absolute atomic E-state index is 0.0955. The van der Waals surface area contributed by atoms with Crippen LogP contribution in [0.15, 0.2) is 0 Å². The lowest BCUT2D eigenvalue weighted by atomic mass is 10.1. The molecule has 1 heterocycles. The SMILES string of the molecule is CCOC(=O)c1c(C(F)F)nn(C)c1CC. The zero-order valence-corrected chi connectivity index (χ0v) is 9.46. The Labute approximate surface area is 92.2 Å². The summed E-state index contributed by atoms with van der Waals surface area (Å²) in [5.41, 5.74) is -0.131. The van der Waals surface area contributed by atoms with Crippen LogP contribution in [0.25, 0.3) is 0 Å². The molecule has 0 aliphatic rings. The molecule has 6 heteroatoms. The van der Waals surface area contributed by atoms with E-state index in [9.17, 15) is 13.6 Å². The fraction of sp³-hybridized carbons (Fsp3) is 0.600. The van der Waals surface area contributed by atoms with Crippen LogP contribution in [-0.2, 0) is 18.2 Å². The third kappa shape index (κ3) is 2.20. The second-order valence-electron chi connectivity index (χ2n) is 3.21. The Morgan fingerprint density at radius 2 is 2.12 bits per heavy atom. The minimum Gasteiger partial charge on any atom is -0.462 e. The molecular formula is C10H14F2N2O2. The molecule has 1 rings (SSSR count). The summed E-state index contributed by atoms with van der Waals surface area (Å²) in [7, 11) is 1.54. The van der Waals surface area contributed by atoms with Crippen molar-refractivity contribution >= 4 is 5.97 Å². The van der Waals surface area contributed by atoms with E-state index >= 15 is 0 Å². The van der Waals surface area contributed by atoms with Crippen LogP contribution in [0.2, 0.25) is 0 Å². The highest BCUT2D eigenvalue weighted by Gasteiger charge is 2.27. The summed E-state index contributed by atoms with van der Waals surface area (Å²) in [6, 6.07) is 0. The van der Waals surface area contributed by atoms with Gasteiger partial charge in [0.2, 0.25) is 0 Å². The number of ether oxygens (including phenoxy) is 1. The Hall–Kier alpha value is -1.46. The van der Waals surface area contributed by atoms with E-state index in [1.807, 2.05) is 0 Å². The summed E-state index contributed by atoms with van der Waals surface area (Å²) in [4.78, 5) is 11.6. The van der Waals surface area contributed by atoms with Gasteiger partial charge in [-0.25, -0.2) is 13.6 Å². The average Bonchev–Trinajstić information content (AvgIpc) is 2.55. The van der Waals surface area contributed by atoms with Gasteiger partial charge in [-0.05, 0) is 13.3 Å². The first kappa shape index (κ1) is 12.6. The molecule has 0 fully saturated rings. The van der Waals surface area contributed by atoms with E-state index in [0.717, 1.165) is 0 Å². The molecule has 0 aromatic carbocycles. The summed E-state index contributed by atoms with van der Waals surface area (Å²) < 4.78 is 31.4. The molecule has 0 unspecified atom stereocenters. The van der Waals surface area contributed by atoms with Crippen molar-refractivity contribution in [2.45, 2.75) is 26.7 Å². The summed E-state index contributed by atoms with van der Waals surface area (Å²) in [5.74, 6) is -0.734. The average molecular weight is 232 g/mol. The maximum Gasteiger partial charge on any atom is 0.342 e. The van der Waals surface area contributed by atoms with Gasteiger partial charge in [-0.15, -0.1) is 0 Å². The molecule has 1 aromatic heterocycles. The van der Waals surface area contributed by atoms with Gasteiger partial charge in [0.25, 0.3) is 6.43 Å². The Balaban J connectivity index is 3.25. The van der Waals surface area contributed by atoms with Crippen molar-refractivity contribution in [2.75, 3.05) is 6.61 Å². The molecule has 0 amide bonds. The molecule has 0 bridgehead atoms. The Bertz CT molecular complexity index is 388. The molecular weight excluding hydrogens is 218 g/mol. The second-order valence-corrected chi connectivity index (χ2v) is 3.21. The number of carbonyl (C=O) groups is 1. The fourth-order valence-electron chi connectivity index (χ4n) is 1.57. The highest BCUT2D eigenvalue weighted by Crippen LogP contribution is 2.25. The standard InChI is InChI=1S/C10H14F2N2O2/c1-4-6-7(10(15)16-5-2)8(9(11)12)13-14(6)3/h9H,4-5H2,1-3H3. The number of carbonyl (C=O) groups excluding carboxylic acids is 1. The number of rotatable bonds is 4. The third-order valence-corrected chi connectivity index (χ3v) is 2.21. The first-order valence-electron chi connectivity index (χ1n) is 5.03. The summed E-state index contributed by atoms with van der Waals surface area (Å²) >= 11 is 0. The van der Waals surface area contributed by atoms with Gasteiger partial charge in [0.05, 0.1) is 12.3 Å². The Kier molecular flexibility index (Phi) is 3.98. The van der Waals surface area contributed by atoms with Crippen LogP contribution < -0.4 is 0 Å². The largest absolute Gasteiger partial charge is 0.462 e. The van der Waals surface area contributed by atoms with Crippen LogP contribution in [0.1, 0.15) is 42.0 Å². The van der Waals surface area contributed by atoms with Crippen LogP contribution in [-0.4, -0.2) is 22.4 Å². The van der Waals surface area contributed by atoms with E-state index < -0.39 is 18.1 Å². The highest BCUT2D eigenvalue weighted by atomic mass is 19.3. The summed E-state index contributed by atoms with van der Waals surface area (Å²) in [6.07, 6.45) is -2.32. The van der Waals surface area contributed by atoms with Gasteiger partial charge >= 0.3 is 5.97 Å². The predicted molar refractivity (Wildman–Crippen MR) is 53.5 cm³/mol. The number of halogens is 2. The van der Waals surface area contributed by atoms with Crippen molar-refractivity contribution in [3.63, 3.8) is 0 Å². The van der Waals surface area contributed by atoms with Crippen molar-refractivity contribution in [3.8, 4) is 0 Å². The monoisotopic (exact) mass is 232 g/mol. The van der Waals surface area contributed by atoms with Crippen molar-refractivity contribution in [1.29, 1.82) is 0 Å². The molecule has 1 aromatic rings.